The predicted octanol–water partition coefficient (Wildman–Crippen LogP) is 2.84. The standard InChI is InChI=1S/C15H19F2NO/c16-13-5-11(6-14(17)8-13)7-15(19)12-3-1-10(9-18)2-4-12/h5-6,8,10,12H,1-4,7,9,18H2. The highest BCUT2D eigenvalue weighted by Gasteiger charge is 2.25. The summed E-state index contributed by atoms with van der Waals surface area (Å²) in [6.45, 7) is 0.677. The minimum Gasteiger partial charge on any atom is -0.330 e. The van der Waals surface area contributed by atoms with E-state index in [2.05, 4.69) is 0 Å². The van der Waals surface area contributed by atoms with Crippen molar-refractivity contribution in [1.29, 1.82) is 0 Å². The summed E-state index contributed by atoms with van der Waals surface area (Å²) in [6, 6.07) is 3.28. The van der Waals surface area contributed by atoms with E-state index in [-0.39, 0.29) is 18.1 Å². The molecule has 19 heavy (non-hydrogen) atoms. The fourth-order valence-electron chi connectivity index (χ4n) is 2.78. The molecule has 0 heterocycles. The lowest BCUT2D eigenvalue weighted by molar-refractivity contribution is -0.123. The van der Waals surface area contributed by atoms with Gasteiger partial charge in [0, 0.05) is 18.4 Å². The molecule has 0 bridgehead atoms. The molecule has 0 unspecified atom stereocenters. The van der Waals surface area contributed by atoms with Crippen molar-refractivity contribution in [3.05, 3.63) is 35.4 Å². The number of rotatable bonds is 4. The molecule has 0 radical (unpaired) electrons. The Bertz CT molecular complexity index is 433. The van der Waals surface area contributed by atoms with Crippen LogP contribution in [0.1, 0.15) is 31.2 Å². The Morgan fingerprint density at radius 3 is 2.21 bits per heavy atom. The van der Waals surface area contributed by atoms with Crippen LogP contribution in [0, 0.1) is 23.5 Å². The molecule has 1 aliphatic carbocycles. The fraction of sp³-hybridized carbons (Fsp3) is 0.533. The van der Waals surface area contributed by atoms with Crippen molar-refractivity contribution in [2.75, 3.05) is 6.54 Å². The molecule has 1 aromatic carbocycles. The highest BCUT2D eigenvalue weighted by atomic mass is 19.1. The predicted molar refractivity (Wildman–Crippen MR) is 69.6 cm³/mol. The molecule has 104 valence electrons. The van der Waals surface area contributed by atoms with Crippen molar-refractivity contribution in [3.63, 3.8) is 0 Å². The van der Waals surface area contributed by atoms with Crippen LogP contribution in [0.3, 0.4) is 0 Å². The first kappa shape index (κ1) is 14.1. The van der Waals surface area contributed by atoms with Gasteiger partial charge < -0.3 is 5.73 Å². The number of nitrogens with two attached hydrogens (primary N) is 1. The SMILES string of the molecule is NCC1CCC(C(=O)Cc2cc(F)cc(F)c2)CC1. The lowest BCUT2D eigenvalue weighted by atomic mass is 9.79. The van der Waals surface area contributed by atoms with Crippen LogP contribution in [-0.2, 0) is 11.2 Å². The van der Waals surface area contributed by atoms with Gasteiger partial charge in [-0.25, -0.2) is 8.78 Å². The molecule has 1 aromatic rings. The van der Waals surface area contributed by atoms with Crippen LogP contribution < -0.4 is 5.73 Å². The molecule has 1 saturated carbocycles. The van der Waals surface area contributed by atoms with Gasteiger partial charge in [-0.05, 0) is 55.8 Å². The van der Waals surface area contributed by atoms with Gasteiger partial charge in [0.05, 0.1) is 0 Å². The van der Waals surface area contributed by atoms with Gasteiger partial charge in [0.15, 0.2) is 0 Å². The first-order valence-electron chi connectivity index (χ1n) is 6.76. The maximum atomic E-state index is 13.1. The van der Waals surface area contributed by atoms with E-state index in [4.69, 9.17) is 5.73 Å². The van der Waals surface area contributed by atoms with Crippen LogP contribution >= 0.6 is 0 Å². The van der Waals surface area contributed by atoms with Crippen molar-refractivity contribution in [1.82, 2.24) is 0 Å². The third-order valence-corrected chi connectivity index (χ3v) is 3.94. The summed E-state index contributed by atoms with van der Waals surface area (Å²) in [7, 11) is 0. The number of ketones is 1. The topological polar surface area (TPSA) is 43.1 Å². The Morgan fingerprint density at radius 2 is 1.68 bits per heavy atom. The number of carbonyl (C=O) groups excluding carboxylic acids is 1. The van der Waals surface area contributed by atoms with Gasteiger partial charge >= 0.3 is 0 Å². The maximum Gasteiger partial charge on any atom is 0.140 e. The molecular weight excluding hydrogens is 248 g/mol. The van der Waals surface area contributed by atoms with E-state index in [1.54, 1.807) is 0 Å². The van der Waals surface area contributed by atoms with Crippen LogP contribution in [0.25, 0.3) is 0 Å². The van der Waals surface area contributed by atoms with Crippen molar-refractivity contribution in [2.24, 2.45) is 17.6 Å². The van der Waals surface area contributed by atoms with Crippen molar-refractivity contribution < 1.29 is 13.6 Å². The maximum absolute atomic E-state index is 13.1. The van der Waals surface area contributed by atoms with E-state index < -0.39 is 11.6 Å². The third-order valence-electron chi connectivity index (χ3n) is 3.94. The number of Topliss-reactive ketones (excluding diaryl/α,β-unsaturated/α-hetero) is 1. The molecule has 2 N–H and O–H groups in total. The van der Waals surface area contributed by atoms with Crippen LogP contribution in [0.15, 0.2) is 18.2 Å². The van der Waals surface area contributed by atoms with Crippen LogP contribution in [0.4, 0.5) is 8.78 Å². The highest BCUT2D eigenvalue weighted by molar-refractivity contribution is 5.83. The molecule has 0 amide bonds. The summed E-state index contributed by atoms with van der Waals surface area (Å²) >= 11 is 0. The number of hydrogen-bond acceptors (Lipinski definition) is 2. The molecule has 0 aliphatic heterocycles. The lowest BCUT2D eigenvalue weighted by Gasteiger charge is -2.26. The monoisotopic (exact) mass is 267 g/mol. The largest absolute Gasteiger partial charge is 0.330 e. The minimum absolute atomic E-state index is 0.0223. The second-order valence-electron chi connectivity index (χ2n) is 5.37. The fourth-order valence-corrected chi connectivity index (χ4v) is 2.78. The molecule has 2 nitrogen and oxygen atoms in total. The smallest absolute Gasteiger partial charge is 0.140 e. The van der Waals surface area contributed by atoms with Gasteiger partial charge in [-0.15, -0.1) is 0 Å². The Labute approximate surface area is 112 Å². The Hall–Kier alpha value is -1.29. The Morgan fingerprint density at radius 1 is 1.11 bits per heavy atom. The summed E-state index contributed by atoms with van der Waals surface area (Å²) in [5.74, 6) is -0.630. The van der Waals surface area contributed by atoms with E-state index in [9.17, 15) is 13.6 Å². The molecule has 0 spiro atoms. The van der Waals surface area contributed by atoms with Crippen LogP contribution in [0.2, 0.25) is 0 Å². The van der Waals surface area contributed by atoms with Crippen LogP contribution in [0.5, 0.6) is 0 Å². The number of halogens is 2. The number of hydrogen-bond donors (Lipinski definition) is 1. The van der Waals surface area contributed by atoms with E-state index in [0.29, 0.717) is 18.0 Å². The van der Waals surface area contributed by atoms with Gasteiger partial charge in [0.1, 0.15) is 17.4 Å². The van der Waals surface area contributed by atoms with Gasteiger partial charge in [-0.2, -0.15) is 0 Å². The zero-order chi connectivity index (χ0) is 13.8. The molecule has 0 aromatic heterocycles. The zero-order valence-corrected chi connectivity index (χ0v) is 10.9. The number of benzene rings is 1. The second kappa shape index (κ2) is 6.24. The lowest BCUT2D eigenvalue weighted by Crippen LogP contribution is -2.26. The molecule has 0 saturated heterocycles. The van der Waals surface area contributed by atoms with E-state index in [1.165, 1.54) is 12.1 Å². The zero-order valence-electron chi connectivity index (χ0n) is 10.9. The van der Waals surface area contributed by atoms with Crippen molar-refractivity contribution in [3.8, 4) is 0 Å². The van der Waals surface area contributed by atoms with Gasteiger partial charge in [0.25, 0.3) is 0 Å². The quantitative estimate of drug-likeness (QED) is 0.911. The molecule has 1 fully saturated rings. The van der Waals surface area contributed by atoms with E-state index in [0.717, 1.165) is 31.7 Å². The van der Waals surface area contributed by atoms with Crippen molar-refractivity contribution >= 4 is 5.78 Å². The highest BCUT2D eigenvalue weighted by Crippen LogP contribution is 2.29. The van der Waals surface area contributed by atoms with E-state index in [1.807, 2.05) is 0 Å². The van der Waals surface area contributed by atoms with E-state index >= 15 is 0 Å². The summed E-state index contributed by atoms with van der Waals surface area (Å²) < 4.78 is 26.1. The minimum atomic E-state index is -0.630. The number of carbonyl (C=O) groups is 1. The molecule has 2 rings (SSSR count). The Kier molecular flexibility index (Phi) is 4.64. The molecular formula is C15H19F2NO. The second-order valence-corrected chi connectivity index (χ2v) is 5.37. The first-order valence-corrected chi connectivity index (χ1v) is 6.76. The summed E-state index contributed by atoms with van der Waals surface area (Å²) in [5, 5.41) is 0. The summed E-state index contributed by atoms with van der Waals surface area (Å²) in [6.07, 6.45) is 3.76. The molecule has 0 atom stereocenters. The third kappa shape index (κ3) is 3.83. The first-order chi connectivity index (χ1) is 9.08. The van der Waals surface area contributed by atoms with Crippen LogP contribution in [-0.4, -0.2) is 12.3 Å². The average molecular weight is 267 g/mol. The average Bonchev–Trinajstić information content (AvgIpc) is 2.37. The normalized spacial score (nSPS) is 23.3. The summed E-state index contributed by atoms with van der Waals surface area (Å²) in [5.41, 5.74) is 6.03. The Balaban J connectivity index is 1.94. The van der Waals surface area contributed by atoms with Gasteiger partial charge in [-0.3, -0.25) is 4.79 Å². The molecule has 4 heteroatoms. The molecule has 1 aliphatic rings. The van der Waals surface area contributed by atoms with Gasteiger partial charge in [0.2, 0.25) is 0 Å². The van der Waals surface area contributed by atoms with Gasteiger partial charge in [-0.1, -0.05) is 0 Å². The van der Waals surface area contributed by atoms with Crippen molar-refractivity contribution in [2.45, 2.75) is 32.1 Å². The summed E-state index contributed by atoms with van der Waals surface area (Å²) in [4.78, 5) is 12.1.